The zero-order valence-electron chi connectivity index (χ0n) is 18.4. The number of rotatable bonds is 4. The second kappa shape index (κ2) is 8.79. The summed E-state index contributed by atoms with van der Waals surface area (Å²) in [7, 11) is 0. The number of hydrogen-bond donors (Lipinski definition) is 2. The Hall–Kier alpha value is -3.34. The van der Waals surface area contributed by atoms with Gasteiger partial charge in [-0.3, -0.25) is 19.2 Å². The molecule has 2 N–H and O–H groups in total. The van der Waals surface area contributed by atoms with Crippen LogP contribution in [0.1, 0.15) is 29.0 Å². The van der Waals surface area contributed by atoms with Crippen molar-refractivity contribution in [2.24, 2.45) is 5.92 Å². The third-order valence-corrected chi connectivity index (χ3v) is 6.46. The molecule has 2 aliphatic rings. The van der Waals surface area contributed by atoms with Crippen LogP contribution in [0, 0.1) is 5.92 Å². The van der Waals surface area contributed by atoms with Crippen molar-refractivity contribution in [2.75, 3.05) is 31.5 Å². The van der Waals surface area contributed by atoms with Crippen molar-refractivity contribution in [3.63, 3.8) is 0 Å². The van der Waals surface area contributed by atoms with Crippen molar-refractivity contribution in [3.8, 4) is 0 Å². The molecule has 0 saturated carbocycles. The number of likely N-dealkylation sites (tertiary alicyclic amines) is 1. The van der Waals surface area contributed by atoms with E-state index < -0.39 is 12.7 Å². The Labute approximate surface area is 193 Å². The number of aromatic amines is 1. The minimum absolute atomic E-state index is 0.0974. The lowest BCUT2D eigenvalue weighted by Crippen LogP contribution is -2.42. The number of H-pyrrole nitrogens is 1. The van der Waals surface area contributed by atoms with Crippen LogP contribution in [-0.4, -0.2) is 68.7 Å². The van der Waals surface area contributed by atoms with Crippen LogP contribution in [0.4, 0.5) is 19.0 Å². The molecule has 5 rings (SSSR count). The summed E-state index contributed by atoms with van der Waals surface area (Å²) in [5, 5.41) is 8.21. The van der Waals surface area contributed by atoms with Crippen LogP contribution >= 0.6 is 0 Å². The number of amides is 2. The number of aromatic nitrogens is 3. The lowest BCUT2D eigenvalue weighted by molar-refractivity contribution is -0.149. The molecule has 1 saturated heterocycles. The number of nitrogens with one attached hydrogen (secondary N) is 2. The molecule has 34 heavy (non-hydrogen) atoms. The second-order valence-corrected chi connectivity index (χ2v) is 8.90. The molecule has 3 aromatic rings. The third kappa shape index (κ3) is 4.79. The van der Waals surface area contributed by atoms with Gasteiger partial charge in [0.1, 0.15) is 5.69 Å². The monoisotopic (exact) mass is 474 g/mol. The quantitative estimate of drug-likeness (QED) is 0.608. The lowest BCUT2D eigenvalue weighted by Gasteiger charge is -2.31. The number of halogens is 3. The lowest BCUT2D eigenvalue weighted by atomic mass is 9.96. The molecular weight excluding hydrogens is 449 g/mol. The van der Waals surface area contributed by atoms with Crippen molar-refractivity contribution in [1.82, 2.24) is 24.6 Å². The maximum atomic E-state index is 13.0. The molecule has 0 bridgehead atoms. The molecule has 0 atom stereocenters. The Balaban J connectivity index is 1.18. The van der Waals surface area contributed by atoms with E-state index in [1.165, 1.54) is 4.90 Å². The first-order valence-corrected chi connectivity index (χ1v) is 11.3. The van der Waals surface area contributed by atoms with Gasteiger partial charge >= 0.3 is 6.18 Å². The van der Waals surface area contributed by atoms with E-state index in [4.69, 9.17) is 0 Å². The highest BCUT2D eigenvalue weighted by molar-refractivity contribution is 5.98. The highest BCUT2D eigenvalue weighted by Crippen LogP contribution is 2.25. The van der Waals surface area contributed by atoms with Crippen molar-refractivity contribution in [3.05, 3.63) is 47.8 Å². The fraction of sp³-hybridized carbons (Fsp3) is 0.435. The Morgan fingerprint density at radius 3 is 2.59 bits per heavy atom. The molecule has 0 spiro atoms. The van der Waals surface area contributed by atoms with Crippen LogP contribution in [0.25, 0.3) is 10.9 Å². The van der Waals surface area contributed by atoms with Gasteiger partial charge < -0.3 is 15.2 Å². The van der Waals surface area contributed by atoms with Gasteiger partial charge in [-0.1, -0.05) is 18.2 Å². The highest BCUT2D eigenvalue weighted by atomic mass is 19.4. The Morgan fingerprint density at radius 2 is 1.85 bits per heavy atom. The van der Waals surface area contributed by atoms with E-state index in [1.807, 2.05) is 30.3 Å². The number of para-hydroxylation sites is 1. The van der Waals surface area contributed by atoms with E-state index >= 15 is 0 Å². The van der Waals surface area contributed by atoms with E-state index in [0.717, 1.165) is 16.6 Å². The number of benzene rings is 1. The number of piperidine rings is 1. The second-order valence-electron chi connectivity index (χ2n) is 8.90. The Kier molecular flexibility index (Phi) is 5.80. The van der Waals surface area contributed by atoms with Crippen LogP contribution in [0.2, 0.25) is 0 Å². The van der Waals surface area contributed by atoms with Gasteiger partial charge in [-0.25, -0.2) is 0 Å². The van der Waals surface area contributed by atoms with Gasteiger partial charge in [-0.15, -0.1) is 0 Å². The fourth-order valence-corrected chi connectivity index (χ4v) is 4.69. The fourth-order valence-electron chi connectivity index (χ4n) is 4.69. The van der Waals surface area contributed by atoms with E-state index in [2.05, 4.69) is 15.4 Å². The zero-order chi connectivity index (χ0) is 23.9. The highest BCUT2D eigenvalue weighted by Gasteiger charge is 2.34. The Morgan fingerprint density at radius 1 is 1.09 bits per heavy atom. The average Bonchev–Trinajstić information content (AvgIpc) is 3.41. The number of carbonyl (C=O) groups is 2. The molecule has 2 aromatic heterocycles. The number of hydrogen-bond acceptors (Lipinski definition) is 4. The first-order chi connectivity index (χ1) is 16.2. The van der Waals surface area contributed by atoms with Crippen molar-refractivity contribution >= 4 is 28.5 Å². The summed E-state index contributed by atoms with van der Waals surface area (Å²) in [5.41, 5.74) is 2.24. The summed E-state index contributed by atoms with van der Waals surface area (Å²) < 4.78 is 39.5. The largest absolute Gasteiger partial charge is 0.401 e. The van der Waals surface area contributed by atoms with Gasteiger partial charge in [0.05, 0.1) is 25.3 Å². The Bertz CT molecular complexity index is 1180. The minimum Gasteiger partial charge on any atom is -0.351 e. The number of carbonyl (C=O) groups excluding carboxylic acids is 2. The number of anilines is 1. The molecule has 0 radical (unpaired) electrons. The average molecular weight is 474 g/mol. The van der Waals surface area contributed by atoms with E-state index in [9.17, 15) is 22.8 Å². The summed E-state index contributed by atoms with van der Waals surface area (Å²) in [6.07, 6.45) is -3.47. The molecule has 4 heterocycles. The summed E-state index contributed by atoms with van der Waals surface area (Å²) in [6.45, 7) is 0.904. The molecule has 0 aliphatic carbocycles. The van der Waals surface area contributed by atoms with Gasteiger partial charge in [0.25, 0.3) is 5.91 Å². The van der Waals surface area contributed by atoms with Crippen LogP contribution in [0.5, 0.6) is 0 Å². The molecule has 1 fully saturated rings. The maximum Gasteiger partial charge on any atom is 0.401 e. The summed E-state index contributed by atoms with van der Waals surface area (Å²) in [4.78, 5) is 31.9. The van der Waals surface area contributed by atoms with Gasteiger partial charge in [0.15, 0.2) is 5.82 Å². The number of fused-ring (bicyclic) bond motifs is 2. The van der Waals surface area contributed by atoms with E-state index in [-0.39, 0.29) is 30.8 Å². The van der Waals surface area contributed by atoms with Crippen LogP contribution in [-0.2, 0) is 17.9 Å². The predicted molar refractivity (Wildman–Crippen MR) is 119 cm³/mol. The number of alkyl halides is 3. The van der Waals surface area contributed by atoms with Crippen molar-refractivity contribution < 1.29 is 22.8 Å². The normalized spacial score (nSPS) is 17.7. The standard InChI is InChI=1S/C23H25F3N6O2/c24-23(25,26)14-30-7-5-15(6-8-30)21(33)28-20-12-17-13-31(9-10-32(17)29-20)22(34)19-11-16-3-1-2-4-18(16)27-19/h1-4,11-12,15,27H,5-10,13-14H2,(H,28,29,33). The maximum absolute atomic E-state index is 13.0. The smallest absolute Gasteiger partial charge is 0.351 e. The van der Waals surface area contributed by atoms with Crippen LogP contribution < -0.4 is 5.32 Å². The summed E-state index contributed by atoms with van der Waals surface area (Å²) >= 11 is 0. The van der Waals surface area contributed by atoms with Gasteiger partial charge in [-0.2, -0.15) is 18.3 Å². The SMILES string of the molecule is O=C(Nc1cc2n(n1)CCN(C(=O)c1cc3ccccc3[nH]1)C2)C1CCN(CC(F)(F)F)CC1. The van der Waals surface area contributed by atoms with Crippen molar-refractivity contribution in [1.29, 1.82) is 0 Å². The number of nitrogens with zero attached hydrogens (tertiary/aromatic N) is 4. The van der Waals surface area contributed by atoms with Crippen LogP contribution in [0.15, 0.2) is 36.4 Å². The summed E-state index contributed by atoms with van der Waals surface area (Å²) in [6, 6.07) is 11.3. The molecule has 2 amide bonds. The van der Waals surface area contributed by atoms with Gasteiger partial charge in [-0.05, 0) is 38.1 Å². The molecule has 8 nitrogen and oxygen atoms in total. The van der Waals surface area contributed by atoms with Crippen LogP contribution in [0.3, 0.4) is 0 Å². The molecule has 0 unspecified atom stereocenters. The first kappa shape index (κ1) is 22.5. The van der Waals surface area contributed by atoms with E-state index in [0.29, 0.717) is 44.0 Å². The van der Waals surface area contributed by atoms with Gasteiger partial charge in [0.2, 0.25) is 5.91 Å². The minimum atomic E-state index is -4.23. The predicted octanol–water partition coefficient (Wildman–Crippen LogP) is 3.23. The molecule has 1 aromatic carbocycles. The molecule has 180 valence electrons. The van der Waals surface area contributed by atoms with E-state index in [1.54, 1.807) is 15.6 Å². The molecule has 2 aliphatic heterocycles. The zero-order valence-corrected chi connectivity index (χ0v) is 18.4. The third-order valence-electron chi connectivity index (χ3n) is 6.46. The van der Waals surface area contributed by atoms with Gasteiger partial charge in [0, 0.05) is 29.4 Å². The molecular formula is C23H25F3N6O2. The molecule has 11 heteroatoms. The first-order valence-electron chi connectivity index (χ1n) is 11.3. The van der Waals surface area contributed by atoms with Crippen molar-refractivity contribution in [2.45, 2.75) is 32.1 Å². The topological polar surface area (TPSA) is 86.3 Å². The summed E-state index contributed by atoms with van der Waals surface area (Å²) in [5.74, 6) is -0.270.